The van der Waals surface area contributed by atoms with Gasteiger partial charge < -0.3 is 10.5 Å². The molecular weight excluding hydrogens is 280 g/mol. The summed E-state index contributed by atoms with van der Waals surface area (Å²) in [4.78, 5) is 2.58. The number of hydrogen-bond donors (Lipinski definition) is 1. The third-order valence-corrected chi connectivity index (χ3v) is 5.73. The summed E-state index contributed by atoms with van der Waals surface area (Å²) >= 11 is 2.10. The van der Waals surface area contributed by atoms with Crippen LogP contribution in [0, 0.1) is 0 Å². The van der Waals surface area contributed by atoms with Crippen LogP contribution in [-0.2, 0) is 0 Å². The molecular formula is C17H28N2OS. The minimum atomic E-state index is 0.180. The molecule has 1 fully saturated rings. The van der Waals surface area contributed by atoms with Gasteiger partial charge in [-0.2, -0.15) is 11.8 Å². The normalized spacial score (nSPS) is 22.8. The molecule has 2 N–H and O–H groups in total. The number of nitrogens with two attached hydrogens (primary N) is 1. The van der Waals surface area contributed by atoms with E-state index in [1.807, 2.05) is 12.1 Å². The molecule has 1 heterocycles. The Hall–Kier alpha value is -0.710. The molecule has 2 rings (SSSR count). The molecule has 1 saturated heterocycles. The summed E-state index contributed by atoms with van der Waals surface area (Å²) in [7, 11) is 1.71. The van der Waals surface area contributed by atoms with Crippen molar-refractivity contribution in [3.63, 3.8) is 0 Å². The standard InChI is InChI=1S/C17H28N2OS/c1-4-15-12-19(10-11-21-15)17(16(18)5-2)13-6-8-14(20-3)9-7-13/h6-9,15-17H,4-5,10-12,18H2,1-3H3. The number of rotatable bonds is 6. The average Bonchev–Trinajstić information content (AvgIpc) is 2.55. The second kappa shape index (κ2) is 8.06. The van der Waals surface area contributed by atoms with Gasteiger partial charge in [-0.1, -0.05) is 26.0 Å². The lowest BCUT2D eigenvalue weighted by Gasteiger charge is -2.40. The molecule has 3 atom stereocenters. The zero-order valence-corrected chi connectivity index (χ0v) is 14.2. The third kappa shape index (κ3) is 4.15. The fourth-order valence-electron chi connectivity index (χ4n) is 2.99. The molecule has 0 aliphatic carbocycles. The minimum absolute atomic E-state index is 0.180. The summed E-state index contributed by atoms with van der Waals surface area (Å²) in [5.74, 6) is 2.12. The van der Waals surface area contributed by atoms with Crippen molar-refractivity contribution in [2.24, 2.45) is 5.73 Å². The Morgan fingerprint density at radius 2 is 2.05 bits per heavy atom. The van der Waals surface area contributed by atoms with Gasteiger partial charge in [0.05, 0.1) is 7.11 Å². The smallest absolute Gasteiger partial charge is 0.118 e. The van der Waals surface area contributed by atoms with Gasteiger partial charge in [0.25, 0.3) is 0 Å². The molecule has 3 unspecified atom stereocenters. The summed E-state index contributed by atoms with van der Waals surface area (Å²) in [6.07, 6.45) is 2.23. The highest BCUT2D eigenvalue weighted by molar-refractivity contribution is 8.00. The number of nitrogens with zero attached hydrogens (tertiary/aromatic N) is 1. The lowest BCUT2D eigenvalue weighted by molar-refractivity contribution is 0.174. The molecule has 21 heavy (non-hydrogen) atoms. The quantitative estimate of drug-likeness (QED) is 0.875. The Labute approximate surface area is 133 Å². The largest absolute Gasteiger partial charge is 0.497 e. The molecule has 1 aliphatic heterocycles. The highest BCUT2D eigenvalue weighted by Crippen LogP contribution is 2.32. The molecule has 1 aromatic carbocycles. The molecule has 4 heteroatoms. The molecule has 0 spiro atoms. The Bertz CT molecular complexity index is 423. The first kappa shape index (κ1) is 16.7. The predicted octanol–water partition coefficient (Wildman–Crippen LogP) is 3.30. The van der Waals surface area contributed by atoms with Crippen LogP contribution in [0.5, 0.6) is 5.75 Å². The first-order valence-corrected chi connectivity index (χ1v) is 8.99. The number of methoxy groups -OCH3 is 1. The molecule has 0 saturated carbocycles. The first-order chi connectivity index (χ1) is 10.2. The Kier molecular flexibility index (Phi) is 6.40. The monoisotopic (exact) mass is 308 g/mol. The van der Waals surface area contributed by atoms with E-state index in [9.17, 15) is 0 Å². The molecule has 1 aliphatic rings. The van der Waals surface area contributed by atoms with Crippen molar-refractivity contribution in [2.45, 2.75) is 44.0 Å². The predicted molar refractivity (Wildman–Crippen MR) is 92.1 cm³/mol. The van der Waals surface area contributed by atoms with Crippen LogP contribution in [0.2, 0.25) is 0 Å². The summed E-state index contributed by atoms with van der Waals surface area (Å²) in [6.45, 7) is 6.73. The molecule has 0 amide bonds. The van der Waals surface area contributed by atoms with E-state index in [0.29, 0.717) is 6.04 Å². The average molecular weight is 308 g/mol. The summed E-state index contributed by atoms with van der Waals surface area (Å²) in [5, 5.41) is 0.739. The van der Waals surface area contributed by atoms with Crippen molar-refractivity contribution in [2.75, 3.05) is 26.0 Å². The van der Waals surface area contributed by atoms with Gasteiger partial charge in [0.1, 0.15) is 5.75 Å². The van der Waals surface area contributed by atoms with E-state index in [1.54, 1.807) is 7.11 Å². The van der Waals surface area contributed by atoms with Gasteiger partial charge in [-0.15, -0.1) is 0 Å². The van der Waals surface area contributed by atoms with Gasteiger partial charge in [-0.05, 0) is 30.5 Å². The van der Waals surface area contributed by atoms with Gasteiger partial charge in [0.2, 0.25) is 0 Å². The van der Waals surface area contributed by atoms with Gasteiger partial charge in [0.15, 0.2) is 0 Å². The van der Waals surface area contributed by atoms with E-state index in [-0.39, 0.29) is 6.04 Å². The Morgan fingerprint density at radius 3 is 2.62 bits per heavy atom. The fourth-order valence-corrected chi connectivity index (χ4v) is 4.20. The molecule has 3 nitrogen and oxygen atoms in total. The first-order valence-electron chi connectivity index (χ1n) is 7.94. The maximum absolute atomic E-state index is 6.46. The Morgan fingerprint density at radius 1 is 1.33 bits per heavy atom. The number of thioether (sulfide) groups is 1. The van der Waals surface area contributed by atoms with Crippen LogP contribution in [0.1, 0.15) is 38.3 Å². The van der Waals surface area contributed by atoms with Crippen molar-refractivity contribution in [3.05, 3.63) is 29.8 Å². The lowest BCUT2D eigenvalue weighted by Crippen LogP contribution is -2.46. The van der Waals surface area contributed by atoms with Crippen LogP contribution >= 0.6 is 11.8 Å². The van der Waals surface area contributed by atoms with Gasteiger partial charge >= 0.3 is 0 Å². The third-order valence-electron chi connectivity index (χ3n) is 4.35. The maximum atomic E-state index is 6.46. The molecule has 1 aromatic rings. The number of hydrogen-bond acceptors (Lipinski definition) is 4. The molecule has 0 aromatic heterocycles. The van der Waals surface area contributed by atoms with Gasteiger partial charge in [0, 0.05) is 36.2 Å². The molecule has 0 bridgehead atoms. The van der Waals surface area contributed by atoms with Crippen molar-refractivity contribution in [1.29, 1.82) is 0 Å². The highest BCUT2D eigenvalue weighted by Gasteiger charge is 2.29. The van der Waals surface area contributed by atoms with Crippen molar-refractivity contribution >= 4 is 11.8 Å². The van der Waals surface area contributed by atoms with E-state index in [1.165, 1.54) is 17.7 Å². The van der Waals surface area contributed by atoms with E-state index < -0.39 is 0 Å². The van der Waals surface area contributed by atoms with E-state index >= 15 is 0 Å². The second-order valence-electron chi connectivity index (χ2n) is 5.69. The zero-order chi connectivity index (χ0) is 15.2. The lowest BCUT2D eigenvalue weighted by atomic mass is 9.95. The van der Waals surface area contributed by atoms with Crippen LogP contribution < -0.4 is 10.5 Å². The maximum Gasteiger partial charge on any atom is 0.118 e. The fraction of sp³-hybridized carbons (Fsp3) is 0.647. The highest BCUT2D eigenvalue weighted by atomic mass is 32.2. The van der Waals surface area contributed by atoms with E-state index in [4.69, 9.17) is 10.5 Å². The van der Waals surface area contributed by atoms with Crippen LogP contribution in [0.3, 0.4) is 0 Å². The molecule has 118 valence electrons. The minimum Gasteiger partial charge on any atom is -0.497 e. The van der Waals surface area contributed by atoms with Crippen LogP contribution in [-0.4, -0.2) is 42.1 Å². The summed E-state index contributed by atoms with van der Waals surface area (Å²) < 4.78 is 5.27. The van der Waals surface area contributed by atoms with Crippen molar-refractivity contribution < 1.29 is 4.74 Å². The van der Waals surface area contributed by atoms with Crippen molar-refractivity contribution in [1.82, 2.24) is 4.90 Å². The van der Waals surface area contributed by atoms with Crippen LogP contribution in [0.15, 0.2) is 24.3 Å². The number of benzene rings is 1. The van der Waals surface area contributed by atoms with E-state index in [0.717, 1.165) is 30.5 Å². The summed E-state index contributed by atoms with van der Waals surface area (Å²) in [6, 6.07) is 8.92. The SMILES string of the molecule is CCC1CN(C(c2ccc(OC)cc2)C(N)CC)CCS1. The molecule has 0 radical (unpaired) electrons. The van der Waals surface area contributed by atoms with Crippen LogP contribution in [0.4, 0.5) is 0 Å². The zero-order valence-electron chi connectivity index (χ0n) is 13.4. The van der Waals surface area contributed by atoms with E-state index in [2.05, 4.69) is 42.6 Å². The Balaban J connectivity index is 2.20. The second-order valence-corrected chi connectivity index (χ2v) is 7.09. The van der Waals surface area contributed by atoms with Gasteiger partial charge in [-0.3, -0.25) is 4.90 Å². The van der Waals surface area contributed by atoms with Gasteiger partial charge in [-0.25, -0.2) is 0 Å². The van der Waals surface area contributed by atoms with Crippen molar-refractivity contribution in [3.8, 4) is 5.75 Å². The topological polar surface area (TPSA) is 38.5 Å². The number of ether oxygens (including phenoxy) is 1. The summed E-state index contributed by atoms with van der Waals surface area (Å²) in [5.41, 5.74) is 7.77. The van der Waals surface area contributed by atoms with Crippen LogP contribution in [0.25, 0.3) is 0 Å².